The lowest BCUT2D eigenvalue weighted by molar-refractivity contribution is -0.126. The molecule has 2 aliphatic heterocycles. The summed E-state index contributed by atoms with van der Waals surface area (Å²) in [5, 5.41) is 12.0. The van der Waals surface area contributed by atoms with Crippen molar-refractivity contribution in [1.82, 2.24) is 10.2 Å². The van der Waals surface area contributed by atoms with Crippen molar-refractivity contribution < 1.29 is 19.4 Å². The molecule has 0 spiro atoms. The van der Waals surface area contributed by atoms with E-state index in [1.54, 1.807) is 11.9 Å². The summed E-state index contributed by atoms with van der Waals surface area (Å²) >= 11 is 0. The standard InChI is InChI=1S/C9H14N2O4/c1-11-3-6(2-7(11)13)9(4-12)5-15-8(14)10-9/h6,12H,2-5H2,1H3,(H,10,14). The van der Waals surface area contributed by atoms with Gasteiger partial charge in [-0.3, -0.25) is 4.79 Å². The first-order valence-corrected chi connectivity index (χ1v) is 4.87. The second-order valence-electron chi connectivity index (χ2n) is 4.19. The van der Waals surface area contributed by atoms with E-state index in [9.17, 15) is 14.7 Å². The monoisotopic (exact) mass is 214 g/mol. The van der Waals surface area contributed by atoms with Crippen molar-refractivity contribution in [3.05, 3.63) is 0 Å². The molecule has 84 valence electrons. The second kappa shape index (κ2) is 3.37. The number of rotatable bonds is 2. The molecule has 2 amide bonds. The highest BCUT2D eigenvalue weighted by Gasteiger charge is 2.49. The van der Waals surface area contributed by atoms with Crippen LogP contribution in [0.3, 0.4) is 0 Å². The maximum absolute atomic E-state index is 11.4. The predicted octanol–water partition coefficient (Wildman–Crippen LogP) is -1.06. The summed E-state index contributed by atoms with van der Waals surface area (Å²) in [4.78, 5) is 24.0. The van der Waals surface area contributed by atoms with Crippen LogP contribution in [-0.4, -0.2) is 54.4 Å². The van der Waals surface area contributed by atoms with Crippen LogP contribution in [0.4, 0.5) is 4.79 Å². The third-order valence-corrected chi connectivity index (χ3v) is 3.22. The number of likely N-dealkylation sites (tertiary alicyclic amines) is 1. The Labute approximate surface area is 87.2 Å². The highest BCUT2D eigenvalue weighted by atomic mass is 16.6. The third-order valence-electron chi connectivity index (χ3n) is 3.22. The van der Waals surface area contributed by atoms with Gasteiger partial charge in [0.05, 0.1) is 6.61 Å². The van der Waals surface area contributed by atoms with E-state index in [1.807, 2.05) is 0 Å². The molecule has 2 N–H and O–H groups in total. The Balaban J connectivity index is 2.14. The van der Waals surface area contributed by atoms with Crippen LogP contribution in [0.5, 0.6) is 0 Å². The normalized spacial score (nSPS) is 35.6. The molecule has 15 heavy (non-hydrogen) atoms. The number of nitrogens with zero attached hydrogens (tertiary/aromatic N) is 1. The summed E-state index contributed by atoms with van der Waals surface area (Å²) in [7, 11) is 1.71. The van der Waals surface area contributed by atoms with E-state index in [0.29, 0.717) is 13.0 Å². The number of aliphatic hydroxyl groups excluding tert-OH is 1. The quantitative estimate of drug-likeness (QED) is 0.614. The van der Waals surface area contributed by atoms with E-state index < -0.39 is 11.6 Å². The van der Waals surface area contributed by atoms with Crippen molar-refractivity contribution in [3.8, 4) is 0 Å². The second-order valence-corrected chi connectivity index (χ2v) is 4.19. The molecule has 0 aromatic heterocycles. The Kier molecular flexibility index (Phi) is 2.30. The van der Waals surface area contributed by atoms with E-state index in [2.05, 4.69) is 5.32 Å². The molecule has 0 saturated carbocycles. The topological polar surface area (TPSA) is 78.9 Å². The molecule has 2 fully saturated rings. The average molecular weight is 214 g/mol. The summed E-state index contributed by atoms with van der Waals surface area (Å²) in [5.41, 5.74) is -0.780. The number of carbonyl (C=O) groups is 2. The van der Waals surface area contributed by atoms with Crippen molar-refractivity contribution in [2.45, 2.75) is 12.0 Å². The molecule has 6 nitrogen and oxygen atoms in total. The number of amides is 2. The van der Waals surface area contributed by atoms with E-state index >= 15 is 0 Å². The smallest absolute Gasteiger partial charge is 0.407 e. The number of alkyl carbamates (subject to hydrolysis) is 1. The van der Waals surface area contributed by atoms with Gasteiger partial charge in [0.15, 0.2) is 0 Å². The summed E-state index contributed by atoms with van der Waals surface area (Å²) < 4.78 is 4.80. The van der Waals surface area contributed by atoms with E-state index in [-0.39, 0.29) is 25.0 Å². The Morgan fingerprint density at radius 3 is 2.80 bits per heavy atom. The Hall–Kier alpha value is -1.30. The lowest BCUT2D eigenvalue weighted by atomic mass is 9.85. The minimum Gasteiger partial charge on any atom is -0.447 e. The van der Waals surface area contributed by atoms with Gasteiger partial charge in [-0.05, 0) is 0 Å². The maximum atomic E-state index is 11.4. The molecule has 2 unspecified atom stereocenters. The molecule has 2 atom stereocenters. The van der Waals surface area contributed by atoms with E-state index in [0.717, 1.165) is 0 Å². The van der Waals surface area contributed by atoms with Gasteiger partial charge in [-0.25, -0.2) is 4.79 Å². The fraction of sp³-hybridized carbons (Fsp3) is 0.778. The predicted molar refractivity (Wildman–Crippen MR) is 50.0 cm³/mol. The Morgan fingerprint density at radius 1 is 1.67 bits per heavy atom. The minimum absolute atomic E-state index is 0.0361. The van der Waals surface area contributed by atoms with Crippen molar-refractivity contribution in [2.24, 2.45) is 5.92 Å². The van der Waals surface area contributed by atoms with Gasteiger partial charge in [0.25, 0.3) is 0 Å². The highest BCUT2D eigenvalue weighted by Crippen LogP contribution is 2.30. The summed E-state index contributed by atoms with van der Waals surface area (Å²) in [6.45, 7) is 0.474. The number of aliphatic hydroxyl groups is 1. The number of carbonyl (C=O) groups excluding carboxylic acids is 2. The zero-order valence-corrected chi connectivity index (χ0v) is 8.52. The van der Waals surface area contributed by atoms with Crippen molar-refractivity contribution >= 4 is 12.0 Å². The van der Waals surface area contributed by atoms with Crippen LogP contribution >= 0.6 is 0 Å². The molecule has 0 radical (unpaired) electrons. The number of nitrogens with one attached hydrogen (secondary N) is 1. The molecule has 0 aliphatic carbocycles. The summed E-state index contributed by atoms with van der Waals surface area (Å²) in [6, 6.07) is 0. The van der Waals surface area contributed by atoms with E-state index in [4.69, 9.17) is 4.74 Å². The van der Waals surface area contributed by atoms with Crippen LogP contribution in [0.2, 0.25) is 0 Å². The molecule has 2 rings (SSSR count). The van der Waals surface area contributed by atoms with Crippen LogP contribution < -0.4 is 5.32 Å². The summed E-state index contributed by atoms with van der Waals surface area (Å²) in [5.74, 6) is -0.0413. The third kappa shape index (κ3) is 1.54. The number of hydrogen-bond donors (Lipinski definition) is 2. The first-order valence-electron chi connectivity index (χ1n) is 4.87. The molecule has 0 aromatic carbocycles. The van der Waals surface area contributed by atoms with Crippen molar-refractivity contribution in [2.75, 3.05) is 26.8 Å². The molecule has 2 aliphatic rings. The molecule has 2 heterocycles. The average Bonchev–Trinajstić information content (AvgIpc) is 2.73. The summed E-state index contributed by atoms with van der Waals surface area (Å²) in [6.07, 6.45) is -0.174. The van der Waals surface area contributed by atoms with E-state index in [1.165, 1.54) is 0 Å². The van der Waals surface area contributed by atoms with Crippen LogP contribution in [0.1, 0.15) is 6.42 Å². The largest absolute Gasteiger partial charge is 0.447 e. The Bertz CT molecular complexity index is 306. The Morgan fingerprint density at radius 2 is 2.40 bits per heavy atom. The zero-order chi connectivity index (χ0) is 11.1. The van der Waals surface area contributed by atoms with Crippen molar-refractivity contribution in [3.63, 3.8) is 0 Å². The number of cyclic esters (lactones) is 1. The first-order chi connectivity index (χ1) is 7.07. The molecule has 6 heteroatoms. The molecule has 2 saturated heterocycles. The lowest BCUT2D eigenvalue weighted by Gasteiger charge is -2.29. The fourth-order valence-electron chi connectivity index (χ4n) is 2.14. The molecule has 0 bridgehead atoms. The van der Waals surface area contributed by atoms with Gasteiger partial charge in [0.1, 0.15) is 12.1 Å². The van der Waals surface area contributed by atoms with Crippen LogP contribution in [0.15, 0.2) is 0 Å². The van der Waals surface area contributed by atoms with Gasteiger partial charge in [0.2, 0.25) is 5.91 Å². The SMILES string of the molecule is CN1CC(C2(CO)COC(=O)N2)CC1=O. The molecular weight excluding hydrogens is 200 g/mol. The van der Waals surface area contributed by atoms with Gasteiger partial charge in [-0.15, -0.1) is 0 Å². The molecular formula is C9H14N2O4. The highest BCUT2D eigenvalue weighted by molar-refractivity contribution is 5.79. The minimum atomic E-state index is -0.780. The maximum Gasteiger partial charge on any atom is 0.407 e. The zero-order valence-electron chi connectivity index (χ0n) is 8.52. The van der Waals surface area contributed by atoms with Crippen LogP contribution in [-0.2, 0) is 9.53 Å². The number of ether oxygens (including phenoxy) is 1. The fourth-order valence-corrected chi connectivity index (χ4v) is 2.14. The number of hydrogen-bond acceptors (Lipinski definition) is 4. The van der Waals surface area contributed by atoms with Gasteiger partial charge >= 0.3 is 6.09 Å². The molecule has 0 aromatic rings. The van der Waals surface area contributed by atoms with Gasteiger partial charge in [0, 0.05) is 25.9 Å². The van der Waals surface area contributed by atoms with Crippen LogP contribution in [0, 0.1) is 5.92 Å². The lowest BCUT2D eigenvalue weighted by Crippen LogP contribution is -2.53. The van der Waals surface area contributed by atoms with Gasteiger partial charge < -0.3 is 20.1 Å². The van der Waals surface area contributed by atoms with Gasteiger partial charge in [-0.1, -0.05) is 0 Å². The van der Waals surface area contributed by atoms with Gasteiger partial charge in [-0.2, -0.15) is 0 Å². The van der Waals surface area contributed by atoms with Crippen molar-refractivity contribution in [1.29, 1.82) is 0 Å². The van der Waals surface area contributed by atoms with Crippen LogP contribution in [0.25, 0.3) is 0 Å². The first kappa shape index (κ1) is 10.2.